The van der Waals surface area contributed by atoms with Gasteiger partial charge in [0.1, 0.15) is 0 Å². The molecule has 0 N–H and O–H groups in total. The number of ketones is 1. The van der Waals surface area contributed by atoms with Gasteiger partial charge in [0.25, 0.3) is 5.91 Å². The number of hydrogen-bond donors (Lipinski definition) is 0. The fourth-order valence-electron chi connectivity index (χ4n) is 2.65. The molecule has 7 heteroatoms. The van der Waals surface area contributed by atoms with Gasteiger partial charge in [-0.2, -0.15) is 4.99 Å². The number of nitrogens with zero attached hydrogens (tertiary/aromatic N) is 2. The molecule has 0 unspecified atom stereocenters. The molecular weight excluding hydrogens is 428 g/mol. The molecule has 27 heavy (non-hydrogen) atoms. The molecule has 1 heterocycles. The maximum atomic E-state index is 12.6. The molecule has 140 valence electrons. The zero-order valence-corrected chi connectivity index (χ0v) is 17.5. The molecule has 5 nitrogen and oxygen atoms in total. The molecule has 1 amide bonds. The van der Waals surface area contributed by atoms with Gasteiger partial charge in [0.05, 0.1) is 16.8 Å². The van der Waals surface area contributed by atoms with Crippen LogP contribution in [0.15, 0.2) is 51.9 Å². The summed E-state index contributed by atoms with van der Waals surface area (Å²) in [5, 5.41) is 0. The van der Waals surface area contributed by atoms with Crippen LogP contribution in [-0.4, -0.2) is 29.5 Å². The fourth-order valence-corrected chi connectivity index (χ4v) is 4.25. The SMILES string of the molecule is CCOCCn1c(=NC(=O)c2ccc(C(C)=O)cc2)sc2cc(Br)ccc21. The molecule has 2 aromatic carbocycles. The molecule has 1 aromatic heterocycles. The molecule has 0 bridgehead atoms. The van der Waals surface area contributed by atoms with Crippen molar-refractivity contribution < 1.29 is 14.3 Å². The zero-order valence-electron chi connectivity index (χ0n) is 15.1. The molecule has 0 saturated heterocycles. The van der Waals surface area contributed by atoms with Crippen molar-refractivity contribution in [1.29, 1.82) is 0 Å². The number of rotatable bonds is 6. The van der Waals surface area contributed by atoms with Gasteiger partial charge in [-0.3, -0.25) is 9.59 Å². The van der Waals surface area contributed by atoms with Gasteiger partial charge in [-0.05, 0) is 44.2 Å². The molecule has 3 aromatic rings. The molecule has 0 atom stereocenters. The van der Waals surface area contributed by atoms with E-state index in [1.807, 2.05) is 29.7 Å². The van der Waals surface area contributed by atoms with Gasteiger partial charge >= 0.3 is 0 Å². The smallest absolute Gasteiger partial charge is 0.279 e. The van der Waals surface area contributed by atoms with Gasteiger partial charge in [0.2, 0.25) is 0 Å². The minimum absolute atomic E-state index is 0.0326. The van der Waals surface area contributed by atoms with Crippen LogP contribution < -0.4 is 4.80 Å². The Balaban J connectivity index is 2.01. The van der Waals surface area contributed by atoms with Crippen molar-refractivity contribution in [2.75, 3.05) is 13.2 Å². The van der Waals surface area contributed by atoms with Gasteiger partial charge < -0.3 is 9.30 Å². The van der Waals surface area contributed by atoms with Crippen molar-refractivity contribution in [3.05, 3.63) is 62.9 Å². The Morgan fingerprint density at radius 1 is 1.15 bits per heavy atom. The first-order chi connectivity index (χ1) is 13.0. The highest BCUT2D eigenvalue weighted by molar-refractivity contribution is 9.10. The lowest BCUT2D eigenvalue weighted by molar-refractivity contribution is 0.0990. The maximum absolute atomic E-state index is 12.6. The summed E-state index contributed by atoms with van der Waals surface area (Å²) < 4.78 is 9.50. The third-order valence-corrected chi connectivity index (χ3v) is 5.58. The number of thiazole rings is 1. The Morgan fingerprint density at radius 2 is 1.85 bits per heavy atom. The largest absolute Gasteiger partial charge is 0.380 e. The van der Waals surface area contributed by atoms with Crippen LogP contribution in [0.5, 0.6) is 0 Å². The summed E-state index contributed by atoms with van der Waals surface area (Å²) in [6.45, 7) is 5.25. The summed E-state index contributed by atoms with van der Waals surface area (Å²) in [7, 11) is 0. The van der Waals surface area contributed by atoms with E-state index in [1.54, 1.807) is 24.3 Å². The summed E-state index contributed by atoms with van der Waals surface area (Å²) in [6, 6.07) is 12.6. The topological polar surface area (TPSA) is 60.7 Å². The Hall–Kier alpha value is -2.09. The van der Waals surface area contributed by atoms with Gasteiger partial charge in [-0.1, -0.05) is 39.4 Å². The number of Topliss-reactive ketones (excluding diaryl/α,β-unsaturated/α-hetero) is 1. The highest BCUT2D eigenvalue weighted by Gasteiger charge is 2.10. The van der Waals surface area contributed by atoms with Crippen molar-refractivity contribution in [3.8, 4) is 0 Å². The Morgan fingerprint density at radius 3 is 2.52 bits per heavy atom. The minimum Gasteiger partial charge on any atom is -0.380 e. The van der Waals surface area contributed by atoms with Crippen molar-refractivity contribution in [2.24, 2.45) is 4.99 Å². The molecule has 0 aliphatic heterocycles. The van der Waals surface area contributed by atoms with Gasteiger partial charge in [0.15, 0.2) is 10.6 Å². The average Bonchev–Trinajstić information content (AvgIpc) is 2.98. The third-order valence-electron chi connectivity index (χ3n) is 4.04. The number of amides is 1. The van der Waals surface area contributed by atoms with Gasteiger partial charge in [0, 0.05) is 28.8 Å². The number of carbonyl (C=O) groups excluding carboxylic acids is 2. The van der Waals surface area contributed by atoms with E-state index in [0.717, 1.165) is 14.7 Å². The third kappa shape index (κ3) is 4.61. The van der Waals surface area contributed by atoms with Crippen molar-refractivity contribution in [3.63, 3.8) is 0 Å². The molecular formula is C20H19BrN2O3S. The lowest BCUT2D eigenvalue weighted by atomic mass is 10.1. The van der Waals surface area contributed by atoms with E-state index < -0.39 is 0 Å². The van der Waals surface area contributed by atoms with E-state index in [1.165, 1.54) is 18.3 Å². The maximum Gasteiger partial charge on any atom is 0.279 e. The minimum atomic E-state index is -0.333. The standard InChI is InChI=1S/C20H19BrN2O3S/c1-3-26-11-10-23-17-9-8-16(21)12-18(17)27-20(23)22-19(25)15-6-4-14(5-7-15)13(2)24/h4-9,12H,3,10-11H2,1-2H3. The first-order valence-electron chi connectivity index (χ1n) is 8.56. The van der Waals surface area contributed by atoms with E-state index in [9.17, 15) is 9.59 Å². The van der Waals surface area contributed by atoms with Crippen LogP contribution in [-0.2, 0) is 11.3 Å². The number of carbonyl (C=O) groups is 2. The normalized spacial score (nSPS) is 11.9. The molecule has 0 spiro atoms. The first-order valence-corrected chi connectivity index (χ1v) is 10.2. The zero-order chi connectivity index (χ0) is 19.4. The molecule has 0 saturated carbocycles. The molecule has 0 radical (unpaired) electrons. The first kappa shape index (κ1) is 19.7. The predicted molar refractivity (Wildman–Crippen MR) is 110 cm³/mol. The van der Waals surface area contributed by atoms with Crippen LogP contribution in [0, 0.1) is 0 Å². The van der Waals surface area contributed by atoms with Crippen LogP contribution in [0.25, 0.3) is 10.2 Å². The summed E-state index contributed by atoms with van der Waals surface area (Å²) in [4.78, 5) is 29.0. The second kappa shape index (κ2) is 8.73. The second-order valence-electron chi connectivity index (χ2n) is 5.90. The van der Waals surface area contributed by atoms with Crippen LogP contribution >= 0.6 is 27.3 Å². The van der Waals surface area contributed by atoms with Crippen LogP contribution in [0.1, 0.15) is 34.6 Å². The average molecular weight is 447 g/mol. The van der Waals surface area contributed by atoms with Crippen LogP contribution in [0.4, 0.5) is 0 Å². The monoisotopic (exact) mass is 446 g/mol. The molecule has 0 aliphatic rings. The molecule has 3 rings (SSSR count). The summed E-state index contributed by atoms with van der Waals surface area (Å²) in [6.07, 6.45) is 0. The lowest BCUT2D eigenvalue weighted by Gasteiger charge is -2.05. The van der Waals surface area contributed by atoms with E-state index in [4.69, 9.17) is 4.74 Å². The van der Waals surface area contributed by atoms with Crippen molar-refractivity contribution >= 4 is 49.2 Å². The van der Waals surface area contributed by atoms with E-state index >= 15 is 0 Å². The van der Waals surface area contributed by atoms with Crippen molar-refractivity contribution in [2.45, 2.75) is 20.4 Å². The lowest BCUT2D eigenvalue weighted by Crippen LogP contribution is -2.19. The number of ether oxygens (including phenoxy) is 1. The summed E-state index contributed by atoms with van der Waals surface area (Å²) in [5.41, 5.74) is 2.04. The van der Waals surface area contributed by atoms with Crippen molar-refractivity contribution in [1.82, 2.24) is 4.57 Å². The number of halogens is 1. The number of aromatic nitrogens is 1. The number of fused-ring (bicyclic) bond motifs is 1. The second-order valence-corrected chi connectivity index (χ2v) is 7.82. The Labute approximate surface area is 169 Å². The molecule has 0 fully saturated rings. The van der Waals surface area contributed by atoms with Gasteiger partial charge in [-0.15, -0.1) is 0 Å². The predicted octanol–water partition coefficient (Wildman–Crippen LogP) is 4.45. The van der Waals surface area contributed by atoms with E-state index in [-0.39, 0.29) is 11.7 Å². The quantitative estimate of drug-likeness (QED) is 0.415. The van der Waals surface area contributed by atoms with Crippen LogP contribution in [0.2, 0.25) is 0 Å². The summed E-state index contributed by atoms with van der Waals surface area (Å²) >= 11 is 4.95. The molecule has 0 aliphatic carbocycles. The van der Waals surface area contributed by atoms with Crippen LogP contribution in [0.3, 0.4) is 0 Å². The fraction of sp³-hybridized carbons (Fsp3) is 0.250. The Kier molecular flexibility index (Phi) is 6.36. The number of benzene rings is 2. The number of hydrogen-bond acceptors (Lipinski definition) is 4. The highest BCUT2D eigenvalue weighted by Crippen LogP contribution is 2.22. The van der Waals surface area contributed by atoms with E-state index in [0.29, 0.717) is 35.7 Å². The van der Waals surface area contributed by atoms with E-state index in [2.05, 4.69) is 20.9 Å². The highest BCUT2D eigenvalue weighted by atomic mass is 79.9. The van der Waals surface area contributed by atoms with Gasteiger partial charge in [-0.25, -0.2) is 0 Å². The Bertz CT molecular complexity index is 1050. The summed E-state index contributed by atoms with van der Waals surface area (Å²) in [5.74, 6) is -0.365.